The zero-order valence-electron chi connectivity index (χ0n) is 9.54. The highest BCUT2D eigenvalue weighted by Crippen LogP contribution is 2.51. The molecule has 16 heavy (non-hydrogen) atoms. The second-order valence-electron chi connectivity index (χ2n) is 3.33. The summed E-state index contributed by atoms with van der Waals surface area (Å²) in [6.07, 6.45) is 0. The Bertz CT molecular complexity index is 394. The second kappa shape index (κ2) is 5.39. The van der Waals surface area contributed by atoms with Crippen LogP contribution in [0.3, 0.4) is 0 Å². The van der Waals surface area contributed by atoms with E-state index in [1.165, 1.54) is 14.2 Å². The third kappa shape index (κ3) is 2.59. The highest BCUT2D eigenvalue weighted by Gasteiger charge is 2.36. The van der Waals surface area contributed by atoms with Gasteiger partial charge in [-0.15, -0.1) is 0 Å². The van der Waals surface area contributed by atoms with Crippen molar-refractivity contribution in [2.24, 2.45) is 0 Å². The zero-order valence-corrected chi connectivity index (χ0v) is 10.4. The minimum atomic E-state index is -3.63. The first-order valence-electron chi connectivity index (χ1n) is 4.86. The van der Waals surface area contributed by atoms with Gasteiger partial charge in [-0.05, 0) is 5.56 Å². The molecular weight excluding hydrogens is 227 g/mol. The largest absolute Gasteiger partial charge is 0.396 e. The maximum absolute atomic E-state index is 11.9. The van der Waals surface area contributed by atoms with Crippen molar-refractivity contribution in [1.82, 2.24) is 0 Å². The van der Waals surface area contributed by atoms with Crippen LogP contribution in [0.1, 0.15) is 18.4 Å². The third-order valence-corrected chi connectivity index (χ3v) is 4.31. The first-order valence-corrected chi connectivity index (χ1v) is 6.40. The lowest BCUT2D eigenvalue weighted by Crippen LogP contribution is -2.11. The summed E-state index contributed by atoms with van der Waals surface area (Å²) in [7, 11) is -1.22. The van der Waals surface area contributed by atoms with E-state index in [1.807, 2.05) is 18.2 Å². The number of hydrogen-bond donors (Lipinski definition) is 0. The number of rotatable bonds is 5. The molecule has 1 aromatic carbocycles. The van der Waals surface area contributed by atoms with Gasteiger partial charge in [0, 0.05) is 14.2 Å². The molecule has 0 spiro atoms. The maximum atomic E-state index is 11.9. The van der Waals surface area contributed by atoms with E-state index in [9.17, 15) is 9.36 Å². The summed E-state index contributed by atoms with van der Waals surface area (Å²) in [5.41, 5.74) is 0.269. The van der Waals surface area contributed by atoms with E-state index in [1.54, 1.807) is 19.1 Å². The van der Waals surface area contributed by atoms with Gasteiger partial charge in [0.15, 0.2) is 0 Å². The van der Waals surface area contributed by atoms with Crippen molar-refractivity contribution < 1.29 is 18.4 Å². The molecule has 5 heteroatoms. The van der Waals surface area contributed by atoms with Gasteiger partial charge in [-0.2, -0.15) is 0 Å². The smallest absolute Gasteiger partial charge is 0.307 e. The molecule has 88 valence electrons. The predicted octanol–water partition coefficient (Wildman–Crippen LogP) is 2.80. The minimum Gasteiger partial charge on any atom is -0.307 e. The lowest BCUT2D eigenvalue weighted by molar-refractivity contribution is -0.114. The molecule has 0 saturated carbocycles. The van der Waals surface area contributed by atoms with Crippen LogP contribution >= 0.6 is 7.60 Å². The Morgan fingerprint density at radius 3 is 2.12 bits per heavy atom. The molecule has 0 aliphatic carbocycles. The average Bonchev–Trinajstić information content (AvgIpc) is 2.37. The molecule has 0 saturated heterocycles. The van der Waals surface area contributed by atoms with E-state index in [0.29, 0.717) is 0 Å². The van der Waals surface area contributed by atoms with Crippen LogP contribution in [0, 0.1) is 0 Å². The van der Waals surface area contributed by atoms with Crippen LogP contribution in [-0.4, -0.2) is 19.7 Å². The molecule has 0 N–H and O–H groups in total. The van der Waals surface area contributed by atoms with Crippen molar-refractivity contribution in [2.75, 3.05) is 14.2 Å². The highest BCUT2D eigenvalue weighted by molar-refractivity contribution is 7.72. The fourth-order valence-electron chi connectivity index (χ4n) is 1.38. The number of hydrogen-bond acceptors (Lipinski definition) is 4. The summed E-state index contributed by atoms with van der Waals surface area (Å²) >= 11 is 0. The van der Waals surface area contributed by atoms with E-state index >= 15 is 0 Å². The van der Waals surface area contributed by atoms with Gasteiger partial charge < -0.3 is 9.05 Å². The van der Waals surface area contributed by atoms with Crippen molar-refractivity contribution >= 4 is 13.1 Å². The molecule has 0 radical (unpaired) electrons. The zero-order chi connectivity index (χ0) is 12.2. The van der Waals surface area contributed by atoms with Crippen molar-refractivity contribution in [3.8, 4) is 0 Å². The molecule has 0 amide bonds. The average molecular weight is 242 g/mol. The lowest BCUT2D eigenvalue weighted by atomic mass is 10.0. The van der Waals surface area contributed by atoms with E-state index in [-0.39, 0.29) is 0 Å². The van der Waals surface area contributed by atoms with Gasteiger partial charge in [-0.25, -0.2) is 0 Å². The molecular formula is C11H15O4P. The van der Waals surface area contributed by atoms with Gasteiger partial charge >= 0.3 is 7.60 Å². The van der Waals surface area contributed by atoms with Crippen LogP contribution in [0.25, 0.3) is 0 Å². The molecule has 1 atom stereocenters. The summed E-state index contributed by atoms with van der Waals surface area (Å²) in [6.45, 7) is 1.68. The standard InChI is InChI=1S/C11H15O4P/c1-9(10-7-5-4-6-8-10)11(12)16(13,14-2)15-3/h4-9H,1-3H3/t9-/m1/s1. The first kappa shape index (κ1) is 13.1. The molecule has 0 bridgehead atoms. The summed E-state index contributed by atoms with van der Waals surface area (Å²) in [4.78, 5) is 11.9. The Morgan fingerprint density at radius 2 is 1.69 bits per heavy atom. The molecule has 0 fully saturated rings. The van der Waals surface area contributed by atoms with Crippen LogP contribution in [0.4, 0.5) is 0 Å². The van der Waals surface area contributed by atoms with Crippen LogP contribution in [0.15, 0.2) is 30.3 Å². The summed E-state index contributed by atoms with van der Waals surface area (Å²) < 4.78 is 21.2. The highest BCUT2D eigenvalue weighted by atomic mass is 31.2. The first-order chi connectivity index (χ1) is 7.55. The van der Waals surface area contributed by atoms with Crippen molar-refractivity contribution in [2.45, 2.75) is 12.8 Å². The molecule has 0 aliphatic rings. The summed E-state index contributed by atoms with van der Waals surface area (Å²) in [5, 5.41) is 0. The van der Waals surface area contributed by atoms with E-state index in [0.717, 1.165) is 5.56 Å². The van der Waals surface area contributed by atoms with E-state index in [4.69, 9.17) is 0 Å². The normalized spacial score (nSPS) is 13.4. The Kier molecular flexibility index (Phi) is 4.42. The Hall–Kier alpha value is -0.960. The van der Waals surface area contributed by atoms with Crippen LogP contribution in [-0.2, 0) is 18.4 Å². The monoisotopic (exact) mass is 242 g/mol. The quantitative estimate of drug-likeness (QED) is 0.745. The number of benzene rings is 1. The van der Waals surface area contributed by atoms with Gasteiger partial charge in [0.05, 0.1) is 5.92 Å². The molecule has 0 unspecified atom stereocenters. The Balaban J connectivity index is 2.95. The number of carbonyl (C=O) groups is 1. The van der Waals surface area contributed by atoms with Gasteiger partial charge in [0.25, 0.3) is 5.52 Å². The van der Waals surface area contributed by atoms with Crippen molar-refractivity contribution in [1.29, 1.82) is 0 Å². The van der Waals surface area contributed by atoms with E-state index < -0.39 is 19.0 Å². The van der Waals surface area contributed by atoms with Crippen LogP contribution in [0.5, 0.6) is 0 Å². The molecule has 1 aromatic rings. The Labute approximate surface area is 95.1 Å². The van der Waals surface area contributed by atoms with Gasteiger partial charge in [-0.1, -0.05) is 37.3 Å². The maximum Gasteiger partial charge on any atom is 0.396 e. The minimum absolute atomic E-state index is 0.507. The number of carbonyl (C=O) groups excluding carboxylic acids is 1. The fourth-order valence-corrected chi connectivity index (χ4v) is 2.51. The molecule has 0 heterocycles. The molecule has 0 aliphatic heterocycles. The van der Waals surface area contributed by atoms with Gasteiger partial charge in [-0.3, -0.25) is 9.36 Å². The molecule has 0 aromatic heterocycles. The molecule has 4 nitrogen and oxygen atoms in total. The van der Waals surface area contributed by atoms with E-state index in [2.05, 4.69) is 9.05 Å². The SMILES string of the molecule is COP(=O)(OC)C(=O)[C@H](C)c1ccccc1. The summed E-state index contributed by atoms with van der Waals surface area (Å²) in [5.74, 6) is -0.507. The summed E-state index contributed by atoms with van der Waals surface area (Å²) in [6, 6.07) is 9.11. The van der Waals surface area contributed by atoms with Crippen molar-refractivity contribution in [3.05, 3.63) is 35.9 Å². The third-order valence-electron chi connectivity index (χ3n) is 2.42. The van der Waals surface area contributed by atoms with Crippen LogP contribution in [0.2, 0.25) is 0 Å². The lowest BCUT2D eigenvalue weighted by Gasteiger charge is -2.16. The topological polar surface area (TPSA) is 52.6 Å². The van der Waals surface area contributed by atoms with Gasteiger partial charge in [0.1, 0.15) is 0 Å². The molecule has 1 rings (SSSR count). The Morgan fingerprint density at radius 1 is 1.19 bits per heavy atom. The van der Waals surface area contributed by atoms with Crippen LogP contribution < -0.4 is 0 Å². The van der Waals surface area contributed by atoms with Crippen molar-refractivity contribution in [3.63, 3.8) is 0 Å². The second-order valence-corrected chi connectivity index (χ2v) is 5.50. The predicted molar refractivity (Wildman–Crippen MR) is 61.5 cm³/mol. The van der Waals surface area contributed by atoms with Gasteiger partial charge in [0.2, 0.25) is 0 Å². The fraction of sp³-hybridized carbons (Fsp3) is 0.364.